The van der Waals surface area contributed by atoms with Gasteiger partial charge in [-0.2, -0.15) is 0 Å². The average molecular weight is 336 g/mol. The summed E-state index contributed by atoms with van der Waals surface area (Å²) in [5.41, 5.74) is 2.35. The van der Waals surface area contributed by atoms with Gasteiger partial charge in [-0.3, -0.25) is 9.69 Å². The molecule has 2 aromatic rings. The van der Waals surface area contributed by atoms with E-state index in [0.717, 1.165) is 24.6 Å². The predicted octanol–water partition coefficient (Wildman–Crippen LogP) is 3.82. The summed E-state index contributed by atoms with van der Waals surface area (Å²) < 4.78 is 0. The van der Waals surface area contributed by atoms with Gasteiger partial charge in [-0.15, -0.1) is 0 Å². The maximum absolute atomic E-state index is 12.4. The van der Waals surface area contributed by atoms with Crippen molar-refractivity contribution in [3.63, 3.8) is 0 Å². The molecule has 0 aliphatic carbocycles. The minimum absolute atomic E-state index is 0.0949. The lowest BCUT2D eigenvalue weighted by molar-refractivity contribution is -0.120. The van der Waals surface area contributed by atoms with Gasteiger partial charge in [0.05, 0.1) is 12.5 Å². The third-order valence-electron chi connectivity index (χ3n) is 5.14. The number of carbonyl (C=O) groups is 1. The van der Waals surface area contributed by atoms with E-state index in [4.69, 9.17) is 0 Å². The number of nitrogens with one attached hydrogen (secondary N) is 1. The first-order chi connectivity index (χ1) is 12.2. The summed E-state index contributed by atoms with van der Waals surface area (Å²) in [6, 6.07) is 20.7. The smallest absolute Gasteiger partial charge is 0.224 e. The lowest BCUT2D eigenvalue weighted by atomic mass is 9.95. The van der Waals surface area contributed by atoms with Crippen molar-refractivity contribution in [1.29, 1.82) is 0 Å². The minimum Gasteiger partial charge on any atom is -0.354 e. The first-order valence-corrected chi connectivity index (χ1v) is 9.32. The van der Waals surface area contributed by atoms with Crippen LogP contribution in [0.25, 0.3) is 0 Å². The Bertz CT molecular complexity index is 648. The normalized spacial score (nSPS) is 17.2. The Balaban J connectivity index is 1.62. The Hall–Kier alpha value is -2.13. The third kappa shape index (κ3) is 5.17. The van der Waals surface area contributed by atoms with Crippen LogP contribution >= 0.6 is 0 Å². The van der Waals surface area contributed by atoms with Gasteiger partial charge < -0.3 is 5.32 Å². The van der Waals surface area contributed by atoms with E-state index in [9.17, 15) is 4.79 Å². The summed E-state index contributed by atoms with van der Waals surface area (Å²) in [6.45, 7) is 5.21. The molecule has 1 unspecified atom stereocenters. The molecule has 3 heteroatoms. The molecule has 1 saturated heterocycles. The molecule has 1 heterocycles. The highest BCUT2D eigenvalue weighted by atomic mass is 16.1. The van der Waals surface area contributed by atoms with E-state index in [1.54, 1.807) is 0 Å². The Labute approximate surface area is 151 Å². The number of amides is 1. The van der Waals surface area contributed by atoms with E-state index in [-0.39, 0.29) is 11.9 Å². The number of piperidine rings is 1. The largest absolute Gasteiger partial charge is 0.354 e. The molecular formula is C22H28N2O. The maximum atomic E-state index is 12.4. The van der Waals surface area contributed by atoms with E-state index >= 15 is 0 Å². The molecule has 3 rings (SSSR count). The molecule has 0 bridgehead atoms. The van der Waals surface area contributed by atoms with Crippen LogP contribution in [0, 0.1) is 5.92 Å². The van der Waals surface area contributed by atoms with Crippen molar-refractivity contribution in [2.24, 2.45) is 5.92 Å². The molecule has 132 valence electrons. The zero-order valence-corrected chi connectivity index (χ0v) is 15.0. The van der Waals surface area contributed by atoms with Crippen molar-refractivity contribution in [3.05, 3.63) is 71.8 Å². The van der Waals surface area contributed by atoms with Crippen molar-refractivity contribution >= 4 is 5.91 Å². The third-order valence-corrected chi connectivity index (χ3v) is 5.14. The first kappa shape index (κ1) is 17.7. The topological polar surface area (TPSA) is 32.3 Å². The summed E-state index contributed by atoms with van der Waals surface area (Å²) in [4.78, 5) is 14.9. The Kier molecular flexibility index (Phi) is 6.24. The monoisotopic (exact) mass is 336 g/mol. The maximum Gasteiger partial charge on any atom is 0.224 e. The Morgan fingerprint density at radius 2 is 1.64 bits per heavy atom. The second kappa shape index (κ2) is 8.82. The van der Waals surface area contributed by atoms with E-state index < -0.39 is 0 Å². The second-order valence-electron chi connectivity index (χ2n) is 7.11. The zero-order valence-electron chi connectivity index (χ0n) is 15.0. The van der Waals surface area contributed by atoms with Gasteiger partial charge in [0.1, 0.15) is 0 Å². The second-order valence-corrected chi connectivity index (χ2v) is 7.11. The van der Waals surface area contributed by atoms with Crippen molar-refractivity contribution in [3.8, 4) is 0 Å². The lowest BCUT2D eigenvalue weighted by Gasteiger charge is -2.37. The van der Waals surface area contributed by atoms with Gasteiger partial charge in [0.15, 0.2) is 0 Å². The van der Waals surface area contributed by atoms with Gasteiger partial charge in [-0.25, -0.2) is 0 Å². The fourth-order valence-corrected chi connectivity index (χ4v) is 3.53. The van der Waals surface area contributed by atoms with Gasteiger partial charge >= 0.3 is 0 Å². The van der Waals surface area contributed by atoms with Gasteiger partial charge in [0.2, 0.25) is 5.91 Å². The molecule has 0 spiro atoms. The highest BCUT2D eigenvalue weighted by Crippen LogP contribution is 2.26. The van der Waals surface area contributed by atoms with Crippen LogP contribution in [-0.4, -0.2) is 30.4 Å². The highest BCUT2D eigenvalue weighted by Gasteiger charge is 2.24. The van der Waals surface area contributed by atoms with Crippen LogP contribution in [-0.2, 0) is 11.2 Å². The quantitative estimate of drug-likeness (QED) is 0.870. The van der Waals surface area contributed by atoms with E-state index in [0.29, 0.717) is 13.0 Å². The van der Waals surface area contributed by atoms with Crippen molar-refractivity contribution in [2.45, 2.75) is 32.2 Å². The number of carbonyl (C=O) groups excluding carboxylic acids is 1. The van der Waals surface area contributed by atoms with Crippen LogP contribution < -0.4 is 5.32 Å². The van der Waals surface area contributed by atoms with Crippen LogP contribution in [0.4, 0.5) is 0 Å². The molecule has 25 heavy (non-hydrogen) atoms. The van der Waals surface area contributed by atoms with Gasteiger partial charge in [0, 0.05) is 6.54 Å². The number of benzene rings is 2. The predicted molar refractivity (Wildman–Crippen MR) is 102 cm³/mol. The lowest BCUT2D eigenvalue weighted by Crippen LogP contribution is -2.42. The zero-order chi connectivity index (χ0) is 17.5. The molecule has 1 amide bonds. The van der Waals surface area contributed by atoms with Crippen molar-refractivity contribution in [2.75, 3.05) is 19.6 Å². The molecule has 0 aromatic heterocycles. The van der Waals surface area contributed by atoms with Gasteiger partial charge in [-0.1, -0.05) is 67.6 Å². The Morgan fingerprint density at radius 3 is 2.28 bits per heavy atom. The summed E-state index contributed by atoms with van der Waals surface area (Å²) >= 11 is 0. The summed E-state index contributed by atoms with van der Waals surface area (Å²) in [5, 5.41) is 3.16. The summed E-state index contributed by atoms with van der Waals surface area (Å²) in [7, 11) is 0. The van der Waals surface area contributed by atoms with Gasteiger partial charge in [0.25, 0.3) is 0 Å². The molecule has 1 N–H and O–H groups in total. The van der Waals surface area contributed by atoms with E-state index in [2.05, 4.69) is 41.4 Å². The van der Waals surface area contributed by atoms with Crippen LogP contribution in [0.2, 0.25) is 0 Å². The SMILES string of the molecule is CC1CCN(C(CNC(=O)Cc2ccccc2)c2ccccc2)CC1. The molecule has 1 atom stereocenters. The molecule has 0 radical (unpaired) electrons. The number of rotatable bonds is 6. The average Bonchev–Trinajstić information content (AvgIpc) is 2.65. The molecule has 1 fully saturated rings. The number of likely N-dealkylation sites (tertiary alicyclic amines) is 1. The fraction of sp³-hybridized carbons (Fsp3) is 0.409. The first-order valence-electron chi connectivity index (χ1n) is 9.32. The minimum atomic E-state index is 0.0949. The molecular weight excluding hydrogens is 308 g/mol. The van der Waals surface area contributed by atoms with Crippen LogP contribution in [0.5, 0.6) is 0 Å². The number of nitrogens with zero attached hydrogens (tertiary/aromatic N) is 1. The van der Waals surface area contributed by atoms with Crippen LogP contribution in [0.3, 0.4) is 0 Å². The molecule has 1 aliphatic rings. The van der Waals surface area contributed by atoms with Gasteiger partial charge in [-0.05, 0) is 43.0 Å². The number of hydrogen-bond acceptors (Lipinski definition) is 2. The highest BCUT2D eigenvalue weighted by molar-refractivity contribution is 5.78. The molecule has 0 saturated carbocycles. The van der Waals surface area contributed by atoms with Crippen LogP contribution in [0.1, 0.15) is 36.9 Å². The summed E-state index contributed by atoms with van der Waals surface area (Å²) in [6.07, 6.45) is 2.92. The van der Waals surface area contributed by atoms with Crippen LogP contribution in [0.15, 0.2) is 60.7 Å². The number of hydrogen-bond donors (Lipinski definition) is 1. The van der Waals surface area contributed by atoms with E-state index in [1.165, 1.54) is 18.4 Å². The van der Waals surface area contributed by atoms with E-state index in [1.807, 2.05) is 36.4 Å². The molecule has 2 aromatic carbocycles. The van der Waals surface area contributed by atoms with Crippen molar-refractivity contribution in [1.82, 2.24) is 10.2 Å². The standard InChI is InChI=1S/C22H28N2O/c1-18-12-14-24(15-13-18)21(20-10-6-3-7-11-20)17-23-22(25)16-19-8-4-2-5-9-19/h2-11,18,21H,12-17H2,1H3,(H,23,25). The van der Waals surface area contributed by atoms with Crippen molar-refractivity contribution < 1.29 is 4.79 Å². The Morgan fingerprint density at radius 1 is 1.04 bits per heavy atom. The molecule has 1 aliphatic heterocycles. The fourth-order valence-electron chi connectivity index (χ4n) is 3.53. The molecule has 3 nitrogen and oxygen atoms in total. The summed E-state index contributed by atoms with van der Waals surface area (Å²) in [5.74, 6) is 0.901.